The highest BCUT2D eigenvalue weighted by molar-refractivity contribution is 5.95. The van der Waals surface area contributed by atoms with E-state index in [0.29, 0.717) is 38.5 Å². The van der Waals surface area contributed by atoms with Gasteiger partial charge in [0.2, 0.25) is 29.5 Å². The Balaban J connectivity index is 6.64. The first-order chi connectivity index (χ1) is 38.2. The molecule has 0 aromatic carbocycles. The number of nitrogens with two attached hydrogens (primary N) is 4. The second-order valence-corrected chi connectivity index (χ2v) is 19.8. The molecule has 0 aromatic heterocycles. The van der Waals surface area contributed by atoms with Gasteiger partial charge in [0.1, 0.15) is 24.2 Å². The van der Waals surface area contributed by atoms with Crippen molar-refractivity contribution >= 4 is 78.1 Å². The number of nitrogens with one attached hydrogen (secondary N) is 7. The summed E-state index contributed by atoms with van der Waals surface area (Å²) >= 11 is 0. The van der Waals surface area contributed by atoms with Crippen LogP contribution in [-0.2, 0) is 33.6 Å². The molecule has 7 amide bonds. The van der Waals surface area contributed by atoms with Crippen molar-refractivity contribution in [2.24, 2.45) is 53.3 Å². The lowest BCUT2D eigenvalue weighted by atomic mass is 10.0. The van der Waals surface area contributed by atoms with Crippen LogP contribution in [0.2, 0.25) is 0 Å². The summed E-state index contributed by atoms with van der Waals surface area (Å²) in [7, 11) is 0. The maximum atomic E-state index is 14.4. The van der Waals surface area contributed by atoms with Crippen LogP contribution in [-0.4, -0.2) is 109 Å². The molecule has 4 atom stereocenters. The van der Waals surface area contributed by atoms with Crippen LogP contribution in [0.5, 0.6) is 0 Å². The fourth-order valence-corrected chi connectivity index (χ4v) is 7.87. The predicted octanol–water partition coefficient (Wildman–Crippen LogP) is 5.72. The number of hydrazone groups is 4. The summed E-state index contributed by atoms with van der Waals surface area (Å²) in [4.78, 5) is 103. The molecule has 0 fully saturated rings. The molecule has 0 spiro atoms. The number of amides is 7. The zero-order chi connectivity index (χ0) is 58.6. The predicted molar refractivity (Wildman–Crippen MR) is 318 cm³/mol. The van der Waals surface area contributed by atoms with Gasteiger partial charge >= 0.3 is 0 Å². The summed E-state index contributed by atoms with van der Waals surface area (Å²) in [5.74, 6) is -5.22. The third-order valence-electron chi connectivity index (χ3n) is 12.5. The van der Waals surface area contributed by atoms with E-state index in [9.17, 15) is 33.6 Å². The topological polar surface area (TPSA) is 382 Å². The van der Waals surface area contributed by atoms with E-state index in [2.05, 4.69) is 95.7 Å². The summed E-state index contributed by atoms with van der Waals surface area (Å²) in [6, 6.07) is -5.25. The average molecular weight is 1110 g/mol. The van der Waals surface area contributed by atoms with Gasteiger partial charge in [-0.25, -0.2) is 26.7 Å². The van der Waals surface area contributed by atoms with E-state index in [0.717, 1.165) is 128 Å². The van der Waals surface area contributed by atoms with Gasteiger partial charge in [0.25, 0.3) is 11.8 Å². The van der Waals surface area contributed by atoms with Gasteiger partial charge in [-0.1, -0.05) is 130 Å². The lowest BCUT2D eigenvalue weighted by Gasteiger charge is -2.24. The van der Waals surface area contributed by atoms with E-state index in [1.54, 1.807) is 24.9 Å². The van der Waals surface area contributed by atoms with Crippen molar-refractivity contribution in [1.82, 2.24) is 37.7 Å². The number of rotatable bonds is 50. The van der Waals surface area contributed by atoms with Crippen LogP contribution < -0.4 is 60.6 Å². The van der Waals surface area contributed by atoms with Crippen molar-refractivity contribution in [3.63, 3.8) is 0 Å². The molecule has 0 unspecified atom stereocenters. The molecule has 0 aliphatic heterocycles. The number of aliphatic imine (C=N–C) groups is 2. The van der Waals surface area contributed by atoms with Crippen LogP contribution in [0.15, 0.2) is 30.4 Å². The molecule has 15 N–H and O–H groups in total. The lowest BCUT2D eigenvalue weighted by Crippen LogP contribution is -2.55. The van der Waals surface area contributed by atoms with Crippen LogP contribution in [0.4, 0.5) is 0 Å². The molecule has 24 heteroatoms. The number of hydrogen-bond acceptors (Lipinski definition) is 13. The average Bonchev–Trinajstić information content (AvgIpc) is 3.42. The molecule has 79 heavy (non-hydrogen) atoms. The molecule has 24 nitrogen and oxygen atoms in total. The minimum absolute atomic E-state index is 0.0936. The van der Waals surface area contributed by atoms with Gasteiger partial charge in [-0.2, -0.15) is 20.4 Å². The number of hydrogen-bond donors (Lipinski definition) is 11. The van der Waals surface area contributed by atoms with Crippen molar-refractivity contribution in [2.75, 3.05) is 6.54 Å². The van der Waals surface area contributed by atoms with Crippen molar-refractivity contribution < 1.29 is 33.6 Å². The van der Waals surface area contributed by atoms with Crippen molar-refractivity contribution in [2.45, 2.75) is 264 Å². The van der Waals surface area contributed by atoms with Crippen molar-refractivity contribution in [3.8, 4) is 0 Å². The minimum atomic E-state index is -1.49. The molecular weight excluding hydrogens is 1010 g/mol. The largest absolute Gasteiger partial charge is 0.370 e. The molecule has 0 rings (SSSR count). The Labute approximate surface area is 471 Å². The Hall–Kier alpha value is -6.49. The Bertz CT molecular complexity index is 1870. The molecule has 0 aromatic rings. The molecule has 0 saturated carbocycles. The number of nitrogens with zero attached hydrogens (tertiary/aromatic N) is 6. The highest BCUT2D eigenvalue weighted by atomic mass is 16.2. The molecule has 0 heterocycles. The van der Waals surface area contributed by atoms with Gasteiger partial charge in [0, 0.05) is 50.7 Å². The van der Waals surface area contributed by atoms with E-state index in [4.69, 9.17) is 22.9 Å². The van der Waals surface area contributed by atoms with Crippen LogP contribution in [0, 0.1) is 0 Å². The van der Waals surface area contributed by atoms with E-state index in [1.807, 2.05) is 0 Å². The zero-order valence-electron chi connectivity index (χ0n) is 48.5. The Morgan fingerprint density at radius 1 is 0.367 bits per heavy atom. The van der Waals surface area contributed by atoms with Crippen LogP contribution in [0.1, 0.15) is 240 Å². The lowest BCUT2D eigenvalue weighted by molar-refractivity contribution is -0.133. The van der Waals surface area contributed by atoms with Crippen molar-refractivity contribution in [3.05, 3.63) is 0 Å². The van der Waals surface area contributed by atoms with E-state index < -0.39 is 77.9 Å². The van der Waals surface area contributed by atoms with Crippen molar-refractivity contribution in [1.29, 1.82) is 0 Å². The van der Waals surface area contributed by atoms with Gasteiger partial charge in [-0.15, -0.1) is 0 Å². The molecule has 0 aliphatic carbocycles. The number of unbranched alkanes of at least 4 members (excludes halogenated alkanes) is 21. The Morgan fingerprint density at radius 2 is 0.722 bits per heavy atom. The first-order valence-electron chi connectivity index (χ1n) is 29.5. The van der Waals surface area contributed by atoms with Gasteiger partial charge < -0.3 is 38.9 Å². The standard InChI is InChI=1S/C55H103N17O7/c1-5-9-13-17-21-26-39-61-69-48(74)36-33-45(52(78)71-63-41-28-23-19-15-11-7-3)65-47(73)35-32-44(66-50(76)43(68-55(58)59)31-25-30-38-60-54(56)57)51(77)67-46(53(79)72-64-42-29-24-20-16-12-8-4)34-37-49(75)70-62-40-27-22-18-14-10-6-2/h39-46H,5-38H2,1-4H3,(H,65,73)(H,66,76)(H,67,77)(H,69,74)(H,70,75)(H,71,78)(H,72,79)(H4,56,57,60)(H4,58,59,68)/b61-39+,62-40+,63-41+,64-42+/t43-,44-,45-,46-/m0/s1. The summed E-state index contributed by atoms with van der Waals surface area (Å²) in [6.45, 7) is 8.83. The maximum absolute atomic E-state index is 14.4. The first-order valence-corrected chi connectivity index (χ1v) is 29.5. The summed E-state index contributed by atoms with van der Waals surface area (Å²) in [5, 5.41) is 24.2. The fraction of sp³-hybridized carbons (Fsp3) is 0.764. The highest BCUT2D eigenvalue weighted by Crippen LogP contribution is 2.11. The summed E-state index contributed by atoms with van der Waals surface area (Å²) < 4.78 is 0. The smallest absolute Gasteiger partial charge is 0.262 e. The Kier molecular flexibility index (Phi) is 46.8. The molecular formula is C55H103N17O7. The Morgan fingerprint density at radius 3 is 1.11 bits per heavy atom. The molecule has 0 aliphatic rings. The van der Waals surface area contributed by atoms with E-state index >= 15 is 0 Å². The molecule has 450 valence electrons. The quantitative estimate of drug-likeness (QED) is 0.0151. The number of guanidine groups is 2. The fourth-order valence-electron chi connectivity index (χ4n) is 7.87. The van der Waals surface area contributed by atoms with Crippen LogP contribution in [0.3, 0.4) is 0 Å². The zero-order valence-corrected chi connectivity index (χ0v) is 48.5. The number of carbonyl (C=O) groups is 7. The van der Waals surface area contributed by atoms with Gasteiger partial charge in [0.15, 0.2) is 11.9 Å². The SMILES string of the molecule is CCCCCCC/C=N/NC(=O)CC[C@H](NC(=O)CC[C@H](NC(=O)[C@H](CCCCN=C(N)N)N=C(N)N)C(=O)N[C@@H](CCC(=O)N/N=C/CCCCCCC)C(=O)N/N=C/CCCCCCC)C(=O)N/N=C/CCCCCCC. The highest BCUT2D eigenvalue weighted by Gasteiger charge is 2.31. The minimum Gasteiger partial charge on any atom is -0.370 e. The molecule has 0 saturated heterocycles. The third kappa shape index (κ3) is 44.1. The summed E-state index contributed by atoms with van der Waals surface area (Å²) in [5.41, 5.74) is 32.3. The normalized spacial score (nSPS) is 12.9. The third-order valence-corrected chi connectivity index (χ3v) is 12.5. The maximum Gasteiger partial charge on any atom is 0.262 e. The summed E-state index contributed by atoms with van der Waals surface area (Å²) in [6.07, 6.45) is 29.8. The van der Waals surface area contributed by atoms with Gasteiger partial charge in [-0.05, 0) is 89.9 Å². The molecule has 0 bridgehead atoms. The van der Waals surface area contributed by atoms with E-state index in [1.165, 1.54) is 0 Å². The second-order valence-electron chi connectivity index (χ2n) is 19.8. The van der Waals surface area contributed by atoms with Crippen LogP contribution in [0.25, 0.3) is 0 Å². The first kappa shape index (κ1) is 72.5. The van der Waals surface area contributed by atoms with E-state index in [-0.39, 0.29) is 51.0 Å². The van der Waals surface area contributed by atoms with Gasteiger partial charge in [0.05, 0.1) is 0 Å². The monoisotopic (exact) mass is 1110 g/mol. The van der Waals surface area contributed by atoms with Gasteiger partial charge in [-0.3, -0.25) is 38.6 Å². The molecule has 0 radical (unpaired) electrons. The second kappa shape index (κ2) is 51.0. The number of carbonyl (C=O) groups excluding carboxylic acids is 7. The van der Waals surface area contributed by atoms with Crippen LogP contribution >= 0.6 is 0 Å².